The molecule has 2 rings (SSSR count). The van der Waals surface area contributed by atoms with Crippen LogP contribution >= 0.6 is 0 Å². The van der Waals surface area contributed by atoms with Crippen molar-refractivity contribution in [2.24, 2.45) is 0 Å². The molecule has 0 unspecified atom stereocenters. The number of aliphatic hydroxyl groups is 1. The van der Waals surface area contributed by atoms with E-state index in [2.05, 4.69) is 11.4 Å². The fraction of sp³-hybridized carbons (Fsp3) is 0.214. The molecule has 2 aromatic rings. The van der Waals surface area contributed by atoms with Gasteiger partial charge in [-0.05, 0) is 35.9 Å². The standard InChI is InChI=1S/C14H14N2O/c1-10(9-17)16-13-5-6-14-11(7-13)3-2-4-12(14)8-15/h2-7,10,16-17H,9H2,1H3/t10-/m1/s1. The molecule has 2 N–H and O–H groups in total. The molecule has 3 heteroatoms. The summed E-state index contributed by atoms with van der Waals surface area (Å²) in [5.41, 5.74) is 1.64. The van der Waals surface area contributed by atoms with E-state index in [1.807, 2.05) is 43.3 Å². The quantitative estimate of drug-likeness (QED) is 0.845. The molecule has 0 amide bonds. The SMILES string of the molecule is C[C@H](CO)Nc1ccc2c(C#N)cccc2c1. The number of nitrogens with zero attached hydrogens (tertiary/aromatic N) is 1. The van der Waals surface area contributed by atoms with E-state index < -0.39 is 0 Å². The molecule has 0 saturated carbocycles. The minimum absolute atomic E-state index is 0.0200. The molecule has 0 fully saturated rings. The van der Waals surface area contributed by atoms with Crippen molar-refractivity contribution in [3.63, 3.8) is 0 Å². The highest BCUT2D eigenvalue weighted by molar-refractivity contribution is 5.90. The minimum Gasteiger partial charge on any atom is -0.394 e. The summed E-state index contributed by atoms with van der Waals surface area (Å²) in [6.07, 6.45) is 0. The van der Waals surface area contributed by atoms with E-state index in [1.165, 1.54) is 0 Å². The highest BCUT2D eigenvalue weighted by atomic mass is 16.3. The van der Waals surface area contributed by atoms with Gasteiger partial charge in [0, 0.05) is 11.7 Å². The van der Waals surface area contributed by atoms with E-state index in [0.29, 0.717) is 5.56 Å². The number of benzene rings is 2. The van der Waals surface area contributed by atoms with Crippen molar-refractivity contribution in [1.82, 2.24) is 0 Å². The van der Waals surface area contributed by atoms with E-state index in [0.717, 1.165) is 16.5 Å². The normalized spacial score (nSPS) is 12.1. The second-order valence-electron chi connectivity index (χ2n) is 4.08. The second-order valence-corrected chi connectivity index (χ2v) is 4.08. The fourth-order valence-corrected chi connectivity index (χ4v) is 1.80. The van der Waals surface area contributed by atoms with Crippen LogP contribution in [0.3, 0.4) is 0 Å². The molecule has 0 aliphatic carbocycles. The molecule has 3 nitrogen and oxygen atoms in total. The maximum Gasteiger partial charge on any atom is 0.0998 e. The van der Waals surface area contributed by atoms with Gasteiger partial charge in [-0.2, -0.15) is 5.26 Å². The molecule has 0 bridgehead atoms. The van der Waals surface area contributed by atoms with Crippen LogP contribution in [-0.4, -0.2) is 17.8 Å². The van der Waals surface area contributed by atoms with Crippen molar-refractivity contribution in [3.8, 4) is 6.07 Å². The van der Waals surface area contributed by atoms with Gasteiger partial charge in [0.05, 0.1) is 18.2 Å². The Morgan fingerprint density at radius 3 is 2.88 bits per heavy atom. The van der Waals surface area contributed by atoms with Crippen molar-refractivity contribution < 1.29 is 5.11 Å². The maximum absolute atomic E-state index is 8.99. The maximum atomic E-state index is 8.99. The number of rotatable bonds is 3. The van der Waals surface area contributed by atoms with Gasteiger partial charge in [0.25, 0.3) is 0 Å². The smallest absolute Gasteiger partial charge is 0.0998 e. The molecule has 0 saturated heterocycles. The lowest BCUT2D eigenvalue weighted by molar-refractivity contribution is 0.281. The Labute approximate surface area is 100 Å². The third kappa shape index (κ3) is 2.38. The topological polar surface area (TPSA) is 56.0 Å². The lowest BCUT2D eigenvalue weighted by Gasteiger charge is -2.13. The van der Waals surface area contributed by atoms with Crippen molar-refractivity contribution in [2.45, 2.75) is 13.0 Å². The number of anilines is 1. The van der Waals surface area contributed by atoms with Crippen molar-refractivity contribution in [1.29, 1.82) is 5.26 Å². The molecule has 1 atom stereocenters. The Hall–Kier alpha value is -2.05. The summed E-state index contributed by atoms with van der Waals surface area (Å²) in [4.78, 5) is 0. The lowest BCUT2D eigenvalue weighted by atomic mass is 10.0. The van der Waals surface area contributed by atoms with Gasteiger partial charge in [-0.1, -0.05) is 18.2 Å². The zero-order valence-electron chi connectivity index (χ0n) is 9.64. The minimum atomic E-state index is 0.0200. The molecule has 0 aliphatic heterocycles. The Morgan fingerprint density at radius 1 is 1.35 bits per heavy atom. The number of nitriles is 1. The molecule has 86 valence electrons. The Morgan fingerprint density at radius 2 is 2.18 bits per heavy atom. The average molecular weight is 226 g/mol. The molecule has 0 radical (unpaired) electrons. The Kier molecular flexibility index (Phi) is 3.27. The zero-order chi connectivity index (χ0) is 12.3. The van der Waals surface area contributed by atoms with Gasteiger partial charge in [0.2, 0.25) is 0 Å². The predicted molar refractivity (Wildman–Crippen MR) is 68.8 cm³/mol. The molecule has 0 aromatic heterocycles. The van der Waals surface area contributed by atoms with E-state index in [9.17, 15) is 0 Å². The summed E-state index contributed by atoms with van der Waals surface area (Å²) in [5, 5.41) is 23.1. The molecule has 2 aromatic carbocycles. The van der Waals surface area contributed by atoms with E-state index in [4.69, 9.17) is 10.4 Å². The largest absolute Gasteiger partial charge is 0.394 e. The number of nitrogens with one attached hydrogen (secondary N) is 1. The summed E-state index contributed by atoms with van der Waals surface area (Å²) in [7, 11) is 0. The molecule has 0 heterocycles. The molecular formula is C14H14N2O. The average Bonchev–Trinajstić information content (AvgIpc) is 2.37. The van der Waals surface area contributed by atoms with Gasteiger partial charge >= 0.3 is 0 Å². The predicted octanol–water partition coefficient (Wildman–Crippen LogP) is 2.50. The first-order valence-corrected chi connectivity index (χ1v) is 5.55. The fourth-order valence-electron chi connectivity index (χ4n) is 1.80. The van der Waals surface area contributed by atoms with Gasteiger partial charge in [0.1, 0.15) is 0 Å². The third-order valence-corrected chi connectivity index (χ3v) is 2.69. The first-order valence-electron chi connectivity index (χ1n) is 5.55. The van der Waals surface area contributed by atoms with Crippen molar-refractivity contribution >= 4 is 16.5 Å². The molecule has 0 aliphatic rings. The van der Waals surface area contributed by atoms with Crippen LogP contribution in [0.5, 0.6) is 0 Å². The summed E-state index contributed by atoms with van der Waals surface area (Å²) in [6, 6.07) is 13.7. The van der Waals surface area contributed by atoms with Crippen LogP contribution < -0.4 is 5.32 Å². The number of hydrogen-bond acceptors (Lipinski definition) is 3. The molecule has 0 spiro atoms. The van der Waals surface area contributed by atoms with Crippen LogP contribution in [0.1, 0.15) is 12.5 Å². The Bertz CT molecular complexity index is 572. The highest BCUT2D eigenvalue weighted by Gasteiger charge is 2.03. The summed E-state index contributed by atoms with van der Waals surface area (Å²) in [6.45, 7) is 2.01. The van der Waals surface area contributed by atoms with Crippen LogP contribution in [0.25, 0.3) is 10.8 Å². The summed E-state index contributed by atoms with van der Waals surface area (Å²) >= 11 is 0. The van der Waals surface area contributed by atoms with Crippen molar-refractivity contribution in [3.05, 3.63) is 42.0 Å². The number of fused-ring (bicyclic) bond motifs is 1. The van der Waals surface area contributed by atoms with Crippen LogP contribution in [0.4, 0.5) is 5.69 Å². The van der Waals surface area contributed by atoms with E-state index in [-0.39, 0.29) is 12.6 Å². The van der Waals surface area contributed by atoms with Gasteiger partial charge in [-0.15, -0.1) is 0 Å². The van der Waals surface area contributed by atoms with Gasteiger partial charge in [-0.3, -0.25) is 0 Å². The van der Waals surface area contributed by atoms with Gasteiger partial charge in [-0.25, -0.2) is 0 Å². The summed E-state index contributed by atoms with van der Waals surface area (Å²) in [5.74, 6) is 0. The van der Waals surface area contributed by atoms with Crippen LogP contribution in [0, 0.1) is 11.3 Å². The third-order valence-electron chi connectivity index (χ3n) is 2.69. The van der Waals surface area contributed by atoms with Crippen molar-refractivity contribution in [2.75, 3.05) is 11.9 Å². The molecule has 17 heavy (non-hydrogen) atoms. The van der Waals surface area contributed by atoms with Crippen LogP contribution in [-0.2, 0) is 0 Å². The monoisotopic (exact) mass is 226 g/mol. The second kappa shape index (κ2) is 4.86. The molecular weight excluding hydrogens is 212 g/mol. The van der Waals surface area contributed by atoms with Crippen LogP contribution in [0.2, 0.25) is 0 Å². The first kappa shape index (κ1) is 11.4. The number of hydrogen-bond donors (Lipinski definition) is 2. The van der Waals surface area contributed by atoms with Crippen LogP contribution in [0.15, 0.2) is 36.4 Å². The first-order chi connectivity index (χ1) is 8.24. The zero-order valence-corrected chi connectivity index (χ0v) is 9.64. The van der Waals surface area contributed by atoms with E-state index in [1.54, 1.807) is 0 Å². The Balaban J connectivity index is 2.42. The lowest BCUT2D eigenvalue weighted by Crippen LogP contribution is -2.19. The summed E-state index contributed by atoms with van der Waals surface area (Å²) < 4.78 is 0. The van der Waals surface area contributed by atoms with E-state index >= 15 is 0 Å². The number of aliphatic hydroxyl groups excluding tert-OH is 1. The van der Waals surface area contributed by atoms with Gasteiger partial charge < -0.3 is 10.4 Å². The highest BCUT2D eigenvalue weighted by Crippen LogP contribution is 2.22. The van der Waals surface area contributed by atoms with Gasteiger partial charge in [0.15, 0.2) is 0 Å².